The standard InChI is InChI=1S/C25H26ClN3O3S/c26-23-10-4-5-11-24(23)29(33(31,32)22-8-2-1-3-9-22)19-25(30)27-18-20-12-14-21(15-13-20)28-16-6-7-17-28/h1-5,8-15H,6-7,16-19H2,(H,27,30). The Labute approximate surface area is 199 Å². The van der Waals surface area contributed by atoms with Crippen molar-refractivity contribution in [2.75, 3.05) is 28.8 Å². The maximum absolute atomic E-state index is 13.3. The molecule has 6 nitrogen and oxygen atoms in total. The summed E-state index contributed by atoms with van der Waals surface area (Å²) in [6.07, 6.45) is 2.43. The highest BCUT2D eigenvalue weighted by molar-refractivity contribution is 7.92. The predicted octanol–water partition coefficient (Wildman–Crippen LogP) is 4.45. The molecule has 0 atom stereocenters. The average Bonchev–Trinajstić information content (AvgIpc) is 3.38. The fourth-order valence-electron chi connectivity index (χ4n) is 3.86. The van der Waals surface area contributed by atoms with Crippen LogP contribution in [-0.4, -0.2) is 34.0 Å². The molecule has 1 N–H and O–H groups in total. The molecule has 4 rings (SSSR count). The van der Waals surface area contributed by atoms with E-state index in [1.54, 1.807) is 42.5 Å². The first-order valence-electron chi connectivity index (χ1n) is 10.9. The number of sulfonamides is 1. The van der Waals surface area contributed by atoms with Gasteiger partial charge in [0.2, 0.25) is 5.91 Å². The van der Waals surface area contributed by atoms with Gasteiger partial charge in [0.25, 0.3) is 10.0 Å². The fourth-order valence-corrected chi connectivity index (χ4v) is 5.61. The van der Waals surface area contributed by atoms with Crippen molar-refractivity contribution in [3.8, 4) is 0 Å². The molecule has 33 heavy (non-hydrogen) atoms. The molecule has 1 aliphatic rings. The van der Waals surface area contributed by atoms with Gasteiger partial charge >= 0.3 is 0 Å². The van der Waals surface area contributed by atoms with E-state index in [4.69, 9.17) is 11.6 Å². The molecule has 1 fully saturated rings. The van der Waals surface area contributed by atoms with Crippen LogP contribution in [0.25, 0.3) is 0 Å². The van der Waals surface area contributed by atoms with E-state index in [0.29, 0.717) is 6.54 Å². The van der Waals surface area contributed by atoms with Crippen LogP contribution in [0.3, 0.4) is 0 Å². The molecule has 1 heterocycles. The molecule has 3 aromatic rings. The predicted molar refractivity (Wildman–Crippen MR) is 132 cm³/mol. The number of carbonyl (C=O) groups excluding carboxylic acids is 1. The number of hydrogen-bond donors (Lipinski definition) is 1. The topological polar surface area (TPSA) is 69.7 Å². The summed E-state index contributed by atoms with van der Waals surface area (Å²) in [5, 5.41) is 3.08. The number of hydrogen-bond acceptors (Lipinski definition) is 4. The highest BCUT2D eigenvalue weighted by atomic mass is 35.5. The van der Waals surface area contributed by atoms with Gasteiger partial charge in [-0.3, -0.25) is 9.10 Å². The summed E-state index contributed by atoms with van der Waals surface area (Å²) in [6.45, 7) is 2.07. The van der Waals surface area contributed by atoms with E-state index in [9.17, 15) is 13.2 Å². The molecule has 3 aromatic carbocycles. The van der Waals surface area contributed by atoms with Crippen molar-refractivity contribution < 1.29 is 13.2 Å². The molecule has 0 radical (unpaired) electrons. The number of nitrogens with one attached hydrogen (secondary N) is 1. The highest BCUT2D eigenvalue weighted by Crippen LogP contribution is 2.30. The summed E-state index contributed by atoms with van der Waals surface area (Å²) in [5.74, 6) is -0.418. The molecular weight excluding hydrogens is 458 g/mol. The van der Waals surface area contributed by atoms with Crippen LogP contribution < -0.4 is 14.5 Å². The normalized spacial score (nSPS) is 13.7. The third-order valence-corrected chi connectivity index (χ3v) is 7.73. The van der Waals surface area contributed by atoms with Gasteiger partial charge in [-0.05, 0) is 54.8 Å². The fraction of sp³-hybridized carbons (Fsp3) is 0.240. The van der Waals surface area contributed by atoms with Crippen LogP contribution in [-0.2, 0) is 21.4 Å². The Morgan fingerprint density at radius 2 is 1.55 bits per heavy atom. The number of benzene rings is 3. The summed E-state index contributed by atoms with van der Waals surface area (Å²) in [6, 6.07) is 22.7. The Kier molecular flexibility index (Phi) is 7.20. The summed E-state index contributed by atoms with van der Waals surface area (Å²) < 4.78 is 27.7. The summed E-state index contributed by atoms with van der Waals surface area (Å²) in [7, 11) is -3.99. The second-order valence-corrected chi connectivity index (χ2v) is 10.2. The number of carbonyl (C=O) groups is 1. The number of halogens is 1. The van der Waals surface area contributed by atoms with Crippen LogP contribution in [0.5, 0.6) is 0 Å². The Morgan fingerprint density at radius 3 is 2.21 bits per heavy atom. The van der Waals surface area contributed by atoms with E-state index in [2.05, 4.69) is 22.3 Å². The highest BCUT2D eigenvalue weighted by Gasteiger charge is 2.28. The van der Waals surface area contributed by atoms with Gasteiger partial charge < -0.3 is 10.2 Å². The monoisotopic (exact) mass is 483 g/mol. The molecule has 0 bridgehead atoms. The number of rotatable bonds is 8. The second-order valence-electron chi connectivity index (χ2n) is 7.91. The van der Waals surface area contributed by atoms with Gasteiger partial charge in [-0.25, -0.2) is 8.42 Å². The smallest absolute Gasteiger partial charge is 0.264 e. The van der Waals surface area contributed by atoms with Gasteiger partial charge in [-0.2, -0.15) is 0 Å². The number of anilines is 2. The van der Waals surface area contributed by atoms with Crippen LogP contribution in [0, 0.1) is 0 Å². The number of para-hydroxylation sites is 1. The first-order chi connectivity index (χ1) is 15.9. The minimum atomic E-state index is -3.99. The summed E-state index contributed by atoms with van der Waals surface area (Å²) >= 11 is 6.30. The molecule has 0 saturated carbocycles. The van der Waals surface area contributed by atoms with Crippen molar-refractivity contribution >= 4 is 38.9 Å². The van der Waals surface area contributed by atoms with E-state index in [1.807, 2.05) is 12.1 Å². The van der Waals surface area contributed by atoms with Crippen LogP contribution in [0.4, 0.5) is 11.4 Å². The summed E-state index contributed by atoms with van der Waals surface area (Å²) in [5.41, 5.74) is 2.39. The lowest BCUT2D eigenvalue weighted by atomic mass is 10.2. The molecule has 172 valence electrons. The van der Waals surface area contributed by atoms with Gasteiger partial charge in [0.15, 0.2) is 0 Å². The van der Waals surface area contributed by atoms with Gasteiger partial charge in [0, 0.05) is 25.3 Å². The third-order valence-electron chi connectivity index (χ3n) is 5.64. The molecule has 0 aromatic heterocycles. The Bertz CT molecular complexity index is 1200. The minimum Gasteiger partial charge on any atom is -0.372 e. The average molecular weight is 484 g/mol. The molecule has 8 heteroatoms. The maximum atomic E-state index is 13.3. The largest absolute Gasteiger partial charge is 0.372 e. The molecule has 1 amide bonds. The van der Waals surface area contributed by atoms with Crippen LogP contribution in [0.2, 0.25) is 5.02 Å². The lowest BCUT2D eigenvalue weighted by molar-refractivity contribution is -0.119. The van der Waals surface area contributed by atoms with Crippen molar-refractivity contribution in [1.82, 2.24) is 5.32 Å². The van der Waals surface area contributed by atoms with E-state index >= 15 is 0 Å². The molecule has 1 saturated heterocycles. The van der Waals surface area contributed by atoms with Crippen molar-refractivity contribution in [1.29, 1.82) is 0 Å². The zero-order chi connectivity index (χ0) is 23.3. The molecule has 0 spiro atoms. The first-order valence-corrected chi connectivity index (χ1v) is 12.7. The molecule has 1 aliphatic heterocycles. The van der Waals surface area contributed by atoms with Crippen molar-refractivity contribution in [2.24, 2.45) is 0 Å². The van der Waals surface area contributed by atoms with Crippen molar-refractivity contribution in [3.63, 3.8) is 0 Å². The number of amides is 1. The molecule has 0 aliphatic carbocycles. The zero-order valence-corrected chi connectivity index (χ0v) is 19.7. The lowest BCUT2D eigenvalue weighted by Gasteiger charge is -2.25. The summed E-state index contributed by atoms with van der Waals surface area (Å²) in [4.78, 5) is 15.2. The molecule has 0 unspecified atom stereocenters. The Balaban J connectivity index is 1.48. The van der Waals surface area contributed by atoms with Crippen molar-refractivity contribution in [2.45, 2.75) is 24.3 Å². The lowest BCUT2D eigenvalue weighted by Crippen LogP contribution is -2.40. The first kappa shape index (κ1) is 23.1. The van der Waals surface area contributed by atoms with E-state index in [-0.39, 0.29) is 22.2 Å². The SMILES string of the molecule is O=C(CN(c1ccccc1Cl)S(=O)(=O)c1ccccc1)NCc1ccc(N2CCCC2)cc1. The van der Waals surface area contributed by atoms with E-state index < -0.39 is 15.9 Å². The van der Waals surface area contributed by atoms with Gasteiger partial charge in [-0.15, -0.1) is 0 Å². The third kappa shape index (κ3) is 5.49. The quantitative estimate of drug-likeness (QED) is 0.514. The number of nitrogens with zero attached hydrogens (tertiary/aromatic N) is 2. The maximum Gasteiger partial charge on any atom is 0.264 e. The van der Waals surface area contributed by atoms with Crippen LogP contribution in [0.15, 0.2) is 83.8 Å². The zero-order valence-electron chi connectivity index (χ0n) is 18.2. The Morgan fingerprint density at radius 1 is 0.909 bits per heavy atom. The van der Waals surface area contributed by atoms with Crippen LogP contribution >= 0.6 is 11.6 Å². The van der Waals surface area contributed by atoms with Crippen LogP contribution in [0.1, 0.15) is 18.4 Å². The van der Waals surface area contributed by atoms with E-state index in [1.165, 1.54) is 30.7 Å². The van der Waals surface area contributed by atoms with Gasteiger partial charge in [-0.1, -0.05) is 54.1 Å². The minimum absolute atomic E-state index is 0.0928. The Hall–Kier alpha value is -3.03. The van der Waals surface area contributed by atoms with Gasteiger partial charge in [0.05, 0.1) is 15.6 Å². The molecular formula is C25H26ClN3O3S. The van der Waals surface area contributed by atoms with Crippen molar-refractivity contribution in [3.05, 3.63) is 89.4 Å². The second kappa shape index (κ2) is 10.3. The van der Waals surface area contributed by atoms with E-state index in [0.717, 1.165) is 23.0 Å². The van der Waals surface area contributed by atoms with Gasteiger partial charge in [0.1, 0.15) is 6.54 Å².